The number of benzene rings is 1. The number of carbonyl (C=O) groups excluding carboxylic acids is 2. The Morgan fingerprint density at radius 1 is 1.46 bits per heavy atom. The molecule has 1 heterocycles. The summed E-state index contributed by atoms with van der Waals surface area (Å²) in [6, 6.07) is 4.07. The highest BCUT2D eigenvalue weighted by molar-refractivity contribution is 6.08. The van der Waals surface area contributed by atoms with Crippen molar-refractivity contribution >= 4 is 23.3 Å². The van der Waals surface area contributed by atoms with Gasteiger partial charge in [0.15, 0.2) is 0 Å². The highest BCUT2D eigenvalue weighted by atomic mass is 16.6. The zero-order valence-corrected chi connectivity index (χ0v) is 14.4. The predicted molar refractivity (Wildman–Crippen MR) is 90.6 cm³/mol. The quantitative estimate of drug-likeness (QED) is 0.390. The first-order valence-corrected chi connectivity index (χ1v) is 7.82. The van der Waals surface area contributed by atoms with Crippen LogP contribution in [0.4, 0.5) is 11.4 Å². The van der Waals surface area contributed by atoms with Gasteiger partial charge in [0.05, 0.1) is 37.4 Å². The maximum Gasteiger partial charge on any atom is 0.337 e. The van der Waals surface area contributed by atoms with E-state index < -0.39 is 16.8 Å². The molecule has 10 heteroatoms. The summed E-state index contributed by atoms with van der Waals surface area (Å²) in [5, 5.41) is 23.0. The molecule has 1 aromatic rings. The second kappa shape index (κ2) is 8.30. The number of ether oxygens (including phenoxy) is 2. The Morgan fingerprint density at radius 3 is 2.77 bits per heavy atom. The molecule has 1 amide bonds. The van der Waals surface area contributed by atoms with E-state index in [0.717, 1.165) is 0 Å². The highest BCUT2D eigenvalue weighted by Crippen LogP contribution is 2.32. The van der Waals surface area contributed by atoms with Crippen molar-refractivity contribution in [1.29, 1.82) is 0 Å². The Hall–Kier alpha value is -3.14. The van der Waals surface area contributed by atoms with Crippen molar-refractivity contribution in [3.05, 3.63) is 39.6 Å². The Bertz CT molecular complexity index is 760. The molecule has 0 saturated heterocycles. The maximum atomic E-state index is 12.5. The number of hydrogen-bond donors (Lipinski definition) is 2. The maximum absolute atomic E-state index is 12.5. The van der Waals surface area contributed by atoms with Crippen LogP contribution in [0.3, 0.4) is 0 Å². The van der Waals surface area contributed by atoms with Gasteiger partial charge >= 0.3 is 5.97 Å². The van der Waals surface area contributed by atoms with Crippen molar-refractivity contribution in [1.82, 2.24) is 4.90 Å². The van der Waals surface area contributed by atoms with E-state index in [1.807, 2.05) is 0 Å². The van der Waals surface area contributed by atoms with Gasteiger partial charge in [0, 0.05) is 18.7 Å². The van der Waals surface area contributed by atoms with Crippen LogP contribution in [0, 0.1) is 10.1 Å². The van der Waals surface area contributed by atoms with Crippen molar-refractivity contribution in [2.75, 3.05) is 38.7 Å². The van der Waals surface area contributed by atoms with Crippen LogP contribution in [0.5, 0.6) is 5.75 Å². The molecule has 0 atom stereocenters. The van der Waals surface area contributed by atoms with Gasteiger partial charge in [0.2, 0.25) is 0 Å². The number of amides is 1. The summed E-state index contributed by atoms with van der Waals surface area (Å²) in [5.74, 6) is -0.918. The molecule has 0 saturated carbocycles. The molecule has 0 aromatic heterocycles. The van der Waals surface area contributed by atoms with E-state index in [-0.39, 0.29) is 42.3 Å². The normalized spacial score (nSPS) is 13.8. The minimum absolute atomic E-state index is 0.0107. The van der Waals surface area contributed by atoms with Crippen LogP contribution in [0.15, 0.2) is 29.5 Å². The van der Waals surface area contributed by atoms with Gasteiger partial charge in [-0.3, -0.25) is 14.9 Å². The summed E-state index contributed by atoms with van der Waals surface area (Å²) in [6.07, 6.45) is 0. The Labute approximate surface area is 149 Å². The van der Waals surface area contributed by atoms with Crippen LogP contribution in [0.1, 0.15) is 6.92 Å². The zero-order valence-electron chi connectivity index (χ0n) is 14.4. The molecular formula is C16H19N3O7. The molecule has 0 radical (unpaired) electrons. The van der Waals surface area contributed by atoms with Crippen LogP contribution in [0.2, 0.25) is 0 Å². The number of β-amino-alcohol motifs (C(OH)–C–C–N with tert-alkyl or cyclic N) is 1. The molecule has 0 unspecified atom stereocenters. The topological polar surface area (TPSA) is 131 Å². The molecule has 0 bridgehead atoms. The van der Waals surface area contributed by atoms with E-state index in [1.54, 1.807) is 6.92 Å². The first kappa shape index (κ1) is 19.2. The van der Waals surface area contributed by atoms with Crippen molar-refractivity contribution in [2.45, 2.75) is 6.92 Å². The minimum atomic E-state index is -0.732. The number of aliphatic hydroxyl groups is 1. The fourth-order valence-corrected chi connectivity index (χ4v) is 2.51. The summed E-state index contributed by atoms with van der Waals surface area (Å²) in [6.45, 7) is 1.79. The smallest absolute Gasteiger partial charge is 0.337 e. The lowest BCUT2D eigenvalue weighted by atomic mass is 10.2. The molecule has 2 rings (SSSR count). The number of anilines is 1. The Morgan fingerprint density at radius 2 is 2.19 bits per heavy atom. The van der Waals surface area contributed by atoms with Crippen LogP contribution >= 0.6 is 0 Å². The van der Waals surface area contributed by atoms with Gasteiger partial charge in [0.1, 0.15) is 17.1 Å². The lowest BCUT2D eigenvalue weighted by Crippen LogP contribution is -2.31. The van der Waals surface area contributed by atoms with Crippen molar-refractivity contribution in [3.63, 3.8) is 0 Å². The number of nitrogens with one attached hydrogen (secondary N) is 1. The fraction of sp³-hybridized carbons (Fsp3) is 0.375. The average Bonchev–Trinajstić information content (AvgIpc) is 2.91. The minimum Gasteiger partial charge on any atom is -0.494 e. The number of rotatable bonds is 8. The molecule has 26 heavy (non-hydrogen) atoms. The lowest BCUT2D eigenvalue weighted by molar-refractivity contribution is -0.383. The van der Waals surface area contributed by atoms with Gasteiger partial charge in [0.25, 0.3) is 11.6 Å². The number of methoxy groups -OCH3 is 1. The number of esters is 1. The highest BCUT2D eigenvalue weighted by Gasteiger charge is 2.35. The number of nitrogens with zero attached hydrogens (tertiary/aromatic N) is 2. The number of hydrogen-bond acceptors (Lipinski definition) is 8. The van der Waals surface area contributed by atoms with Gasteiger partial charge in [-0.1, -0.05) is 0 Å². The van der Waals surface area contributed by atoms with Crippen molar-refractivity contribution < 1.29 is 29.1 Å². The standard InChI is InChI=1S/C16H19N3O7/c1-3-26-10-4-5-13(19(23)24)12(8-10)17-14-11(16(22)25-2)9-18(6-7-20)15(14)21/h4-5,8,17,20H,3,6-7,9H2,1-2H3. The molecule has 1 aliphatic rings. The van der Waals surface area contributed by atoms with Crippen LogP contribution < -0.4 is 10.1 Å². The van der Waals surface area contributed by atoms with Gasteiger partial charge < -0.3 is 24.8 Å². The van der Waals surface area contributed by atoms with Gasteiger partial charge in [-0.15, -0.1) is 0 Å². The number of aliphatic hydroxyl groups excluding tert-OH is 1. The molecule has 10 nitrogen and oxygen atoms in total. The first-order chi connectivity index (χ1) is 12.4. The Kier molecular flexibility index (Phi) is 6.12. The number of carbonyl (C=O) groups is 2. The van der Waals surface area contributed by atoms with Gasteiger partial charge in [-0.05, 0) is 13.0 Å². The summed E-state index contributed by atoms with van der Waals surface area (Å²) in [7, 11) is 1.17. The second-order valence-electron chi connectivity index (χ2n) is 5.29. The van der Waals surface area contributed by atoms with Crippen LogP contribution in [-0.4, -0.2) is 60.2 Å². The van der Waals surface area contributed by atoms with E-state index in [2.05, 4.69) is 10.1 Å². The van der Waals surface area contributed by atoms with Crippen LogP contribution in [0.25, 0.3) is 0 Å². The second-order valence-corrected chi connectivity index (χ2v) is 5.29. The number of nitro groups is 1. The lowest BCUT2D eigenvalue weighted by Gasteiger charge is -2.15. The fourth-order valence-electron chi connectivity index (χ4n) is 2.51. The summed E-state index contributed by atoms with van der Waals surface area (Å²) in [5.41, 5.74) is -0.362. The molecule has 0 aliphatic carbocycles. The summed E-state index contributed by atoms with van der Waals surface area (Å²) >= 11 is 0. The van der Waals surface area contributed by atoms with Crippen molar-refractivity contribution in [3.8, 4) is 5.75 Å². The summed E-state index contributed by atoms with van der Waals surface area (Å²) in [4.78, 5) is 36.4. The van der Waals surface area contributed by atoms with E-state index in [1.165, 1.54) is 30.2 Å². The molecule has 2 N–H and O–H groups in total. The predicted octanol–water partition coefficient (Wildman–Crippen LogP) is 0.667. The largest absolute Gasteiger partial charge is 0.494 e. The number of nitro benzene ring substituents is 1. The Balaban J connectivity index is 2.45. The van der Waals surface area contributed by atoms with E-state index in [4.69, 9.17) is 9.84 Å². The zero-order chi connectivity index (χ0) is 19.3. The third-order valence-corrected chi connectivity index (χ3v) is 3.69. The third kappa shape index (κ3) is 3.91. The van der Waals surface area contributed by atoms with Gasteiger partial charge in [-0.25, -0.2) is 4.79 Å². The first-order valence-electron chi connectivity index (χ1n) is 7.82. The average molecular weight is 365 g/mol. The van der Waals surface area contributed by atoms with E-state index in [9.17, 15) is 19.7 Å². The SMILES string of the molecule is CCOc1ccc([N+](=O)[O-])c(NC2=C(C(=O)OC)CN(CCO)C2=O)c1. The van der Waals surface area contributed by atoms with Crippen molar-refractivity contribution in [2.24, 2.45) is 0 Å². The molecule has 140 valence electrons. The van der Waals surface area contributed by atoms with E-state index in [0.29, 0.717) is 12.4 Å². The summed E-state index contributed by atoms with van der Waals surface area (Å²) < 4.78 is 10.0. The molecular weight excluding hydrogens is 346 g/mol. The molecule has 1 aromatic carbocycles. The molecule has 0 spiro atoms. The third-order valence-electron chi connectivity index (χ3n) is 3.69. The van der Waals surface area contributed by atoms with E-state index >= 15 is 0 Å². The van der Waals surface area contributed by atoms with Crippen LogP contribution in [-0.2, 0) is 14.3 Å². The van der Waals surface area contributed by atoms with Gasteiger partial charge in [-0.2, -0.15) is 0 Å². The monoisotopic (exact) mass is 365 g/mol. The molecule has 1 aliphatic heterocycles. The molecule has 0 fully saturated rings.